The summed E-state index contributed by atoms with van der Waals surface area (Å²) in [6.45, 7) is 4.14. The Morgan fingerprint density at radius 3 is 2.36 bits per heavy atom. The van der Waals surface area contributed by atoms with Crippen LogP contribution in [0, 0.1) is 5.41 Å². The molecule has 134 valence electrons. The van der Waals surface area contributed by atoms with Crippen LogP contribution in [0.4, 0.5) is 5.69 Å². The number of hydrogen-bond acceptors (Lipinski definition) is 5. The average molecular weight is 346 g/mol. The Kier molecular flexibility index (Phi) is 5.03. The van der Waals surface area contributed by atoms with Gasteiger partial charge < -0.3 is 19.7 Å². The molecule has 1 saturated heterocycles. The standard InChI is InChI=1S/C18H22N2O5/c1-2-25-15(21)13-3-5-14(6-4-13)19-16(22)18(7-8-18)17(23)20-9-11-24-12-10-20/h3-6H,2,7-12H2,1H3,(H,19,22). The van der Waals surface area contributed by atoms with Crippen LogP contribution in [-0.4, -0.2) is 55.6 Å². The van der Waals surface area contributed by atoms with Crippen molar-refractivity contribution in [3.05, 3.63) is 29.8 Å². The number of hydrogen-bond donors (Lipinski definition) is 1. The van der Waals surface area contributed by atoms with Gasteiger partial charge in [0.2, 0.25) is 11.8 Å². The first-order valence-electron chi connectivity index (χ1n) is 8.52. The Morgan fingerprint density at radius 2 is 1.80 bits per heavy atom. The molecular weight excluding hydrogens is 324 g/mol. The maximum absolute atomic E-state index is 12.7. The van der Waals surface area contributed by atoms with E-state index in [1.807, 2.05) is 0 Å². The number of carbonyl (C=O) groups excluding carboxylic acids is 3. The Morgan fingerprint density at radius 1 is 1.16 bits per heavy atom. The first-order chi connectivity index (χ1) is 12.1. The van der Waals surface area contributed by atoms with E-state index in [1.165, 1.54) is 0 Å². The van der Waals surface area contributed by atoms with Crippen molar-refractivity contribution in [2.45, 2.75) is 19.8 Å². The van der Waals surface area contributed by atoms with Gasteiger partial charge in [-0.25, -0.2) is 4.79 Å². The van der Waals surface area contributed by atoms with E-state index >= 15 is 0 Å². The van der Waals surface area contributed by atoms with E-state index in [0.717, 1.165) is 0 Å². The number of nitrogens with zero attached hydrogens (tertiary/aromatic N) is 1. The smallest absolute Gasteiger partial charge is 0.338 e. The SMILES string of the molecule is CCOC(=O)c1ccc(NC(=O)C2(C(=O)N3CCOCC3)CC2)cc1. The number of esters is 1. The number of nitrogens with one attached hydrogen (secondary N) is 1. The van der Waals surface area contributed by atoms with Crippen molar-refractivity contribution in [2.24, 2.45) is 5.41 Å². The Hall–Kier alpha value is -2.41. The van der Waals surface area contributed by atoms with Gasteiger partial charge >= 0.3 is 5.97 Å². The predicted molar refractivity (Wildman–Crippen MR) is 90.1 cm³/mol. The topological polar surface area (TPSA) is 84.9 Å². The maximum Gasteiger partial charge on any atom is 0.338 e. The molecule has 0 spiro atoms. The summed E-state index contributed by atoms with van der Waals surface area (Å²) < 4.78 is 10.2. The molecule has 1 heterocycles. The van der Waals surface area contributed by atoms with Crippen LogP contribution in [0.25, 0.3) is 0 Å². The summed E-state index contributed by atoms with van der Waals surface area (Å²) >= 11 is 0. The molecule has 7 heteroatoms. The zero-order chi connectivity index (χ0) is 17.9. The number of amides is 2. The van der Waals surface area contributed by atoms with Gasteiger partial charge in [0.05, 0.1) is 25.4 Å². The van der Waals surface area contributed by atoms with Gasteiger partial charge in [0.15, 0.2) is 0 Å². The highest BCUT2D eigenvalue weighted by molar-refractivity contribution is 6.13. The highest BCUT2D eigenvalue weighted by atomic mass is 16.5. The van der Waals surface area contributed by atoms with Crippen molar-refractivity contribution >= 4 is 23.5 Å². The summed E-state index contributed by atoms with van der Waals surface area (Å²) in [5.41, 5.74) is 0.0291. The molecular formula is C18H22N2O5. The highest BCUT2D eigenvalue weighted by Crippen LogP contribution is 2.48. The summed E-state index contributed by atoms with van der Waals surface area (Å²) in [4.78, 5) is 38.6. The fraction of sp³-hybridized carbons (Fsp3) is 0.500. The van der Waals surface area contributed by atoms with E-state index in [1.54, 1.807) is 36.1 Å². The predicted octanol–water partition coefficient (Wildman–Crippen LogP) is 1.44. The zero-order valence-electron chi connectivity index (χ0n) is 14.2. The van der Waals surface area contributed by atoms with E-state index in [-0.39, 0.29) is 11.8 Å². The molecule has 3 rings (SSSR count). The minimum Gasteiger partial charge on any atom is -0.462 e. The molecule has 0 unspecified atom stereocenters. The maximum atomic E-state index is 12.7. The highest BCUT2D eigenvalue weighted by Gasteiger charge is 2.58. The van der Waals surface area contributed by atoms with Crippen molar-refractivity contribution in [3.63, 3.8) is 0 Å². The lowest BCUT2D eigenvalue weighted by Gasteiger charge is -2.30. The lowest BCUT2D eigenvalue weighted by Crippen LogP contribution is -2.47. The van der Waals surface area contributed by atoms with Crippen LogP contribution in [0.5, 0.6) is 0 Å². The number of morpholine rings is 1. The molecule has 1 aliphatic carbocycles. The average Bonchev–Trinajstić information content (AvgIpc) is 3.44. The van der Waals surface area contributed by atoms with E-state index in [2.05, 4.69) is 5.32 Å². The number of anilines is 1. The molecule has 0 radical (unpaired) electrons. The summed E-state index contributed by atoms with van der Waals surface area (Å²) in [5, 5.41) is 2.79. The van der Waals surface area contributed by atoms with Crippen LogP contribution >= 0.6 is 0 Å². The second kappa shape index (κ2) is 7.23. The zero-order valence-corrected chi connectivity index (χ0v) is 14.2. The van der Waals surface area contributed by atoms with Crippen molar-refractivity contribution < 1.29 is 23.9 Å². The van der Waals surface area contributed by atoms with E-state index in [4.69, 9.17) is 9.47 Å². The van der Waals surface area contributed by atoms with Crippen molar-refractivity contribution in [1.82, 2.24) is 4.90 Å². The molecule has 25 heavy (non-hydrogen) atoms. The van der Waals surface area contributed by atoms with Crippen LogP contribution in [0.15, 0.2) is 24.3 Å². The summed E-state index contributed by atoms with van der Waals surface area (Å²) in [5.74, 6) is -0.800. The quantitative estimate of drug-likeness (QED) is 0.644. The van der Waals surface area contributed by atoms with Gasteiger partial charge in [-0.2, -0.15) is 0 Å². The number of rotatable bonds is 5. The van der Waals surface area contributed by atoms with Gasteiger partial charge in [-0.05, 0) is 44.0 Å². The van der Waals surface area contributed by atoms with Crippen LogP contribution in [0.2, 0.25) is 0 Å². The van der Waals surface area contributed by atoms with Crippen LogP contribution in [-0.2, 0) is 19.1 Å². The molecule has 2 aliphatic rings. The molecule has 1 aromatic carbocycles. The van der Waals surface area contributed by atoms with Crippen LogP contribution in [0.3, 0.4) is 0 Å². The van der Waals surface area contributed by atoms with Crippen molar-refractivity contribution in [1.29, 1.82) is 0 Å². The normalized spacial score (nSPS) is 18.4. The molecule has 0 bridgehead atoms. The lowest BCUT2D eigenvalue weighted by atomic mass is 10.0. The van der Waals surface area contributed by atoms with Gasteiger partial charge in [0.1, 0.15) is 5.41 Å². The number of benzene rings is 1. The largest absolute Gasteiger partial charge is 0.462 e. The van der Waals surface area contributed by atoms with Crippen molar-refractivity contribution in [2.75, 3.05) is 38.2 Å². The van der Waals surface area contributed by atoms with E-state index < -0.39 is 11.4 Å². The molecule has 2 amide bonds. The first kappa shape index (κ1) is 17.4. The molecule has 1 N–H and O–H groups in total. The van der Waals surface area contributed by atoms with Gasteiger partial charge in [-0.1, -0.05) is 0 Å². The van der Waals surface area contributed by atoms with Gasteiger partial charge in [0, 0.05) is 18.8 Å². The van der Waals surface area contributed by atoms with Gasteiger partial charge in [-0.15, -0.1) is 0 Å². The Labute approximate surface area is 146 Å². The summed E-state index contributed by atoms with van der Waals surface area (Å²) in [6, 6.07) is 6.47. The monoisotopic (exact) mass is 346 g/mol. The minimum atomic E-state index is -0.947. The summed E-state index contributed by atoms with van der Waals surface area (Å²) in [6.07, 6.45) is 1.13. The van der Waals surface area contributed by atoms with E-state index in [9.17, 15) is 14.4 Å². The molecule has 0 atom stereocenters. The Balaban J connectivity index is 1.63. The first-order valence-corrected chi connectivity index (χ1v) is 8.52. The number of ether oxygens (including phenoxy) is 2. The fourth-order valence-corrected chi connectivity index (χ4v) is 2.89. The molecule has 1 aromatic rings. The minimum absolute atomic E-state index is 0.114. The molecule has 7 nitrogen and oxygen atoms in total. The third-order valence-electron chi connectivity index (χ3n) is 4.55. The van der Waals surface area contributed by atoms with Gasteiger partial charge in [0.25, 0.3) is 0 Å². The van der Waals surface area contributed by atoms with Crippen LogP contribution in [0.1, 0.15) is 30.1 Å². The Bertz CT molecular complexity index is 661. The lowest BCUT2D eigenvalue weighted by molar-refractivity contribution is -0.145. The second-order valence-electron chi connectivity index (χ2n) is 6.24. The third kappa shape index (κ3) is 3.66. The van der Waals surface area contributed by atoms with Gasteiger partial charge in [-0.3, -0.25) is 9.59 Å². The second-order valence-corrected chi connectivity index (χ2v) is 6.24. The molecule has 2 fully saturated rings. The number of carbonyl (C=O) groups is 3. The van der Waals surface area contributed by atoms with Crippen molar-refractivity contribution in [3.8, 4) is 0 Å². The fourth-order valence-electron chi connectivity index (χ4n) is 2.89. The third-order valence-corrected chi connectivity index (χ3v) is 4.55. The molecule has 1 aliphatic heterocycles. The molecule has 1 saturated carbocycles. The summed E-state index contributed by atoms with van der Waals surface area (Å²) in [7, 11) is 0. The van der Waals surface area contributed by atoms with Crippen LogP contribution < -0.4 is 5.32 Å². The molecule has 0 aromatic heterocycles. The van der Waals surface area contributed by atoms with E-state index in [0.29, 0.717) is 57.0 Å².